The maximum Gasteiger partial charge on any atom is 0.283 e. The van der Waals surface area contributed by atoms with Crippen LogP contribution in [0.3, 0.4) is 0 Å². The maximum atomic E-state index is 13.4. The number of carbonyl (C=O) groups is 1. The van der Waals surface area contributed by atoms with Gasteiger partial charge in [-0.1, -0.05) is 47.3 Å². The number of hydrogen-bond acceptors (Lipinski definition) is 5. The Morgan fingerprint density at radius 1 is 1.10 bits per heavy atom. The molecule has 7 heteroatoms. The van der Waals surface area contributed by atoms with E-state index >= 15 is 0 Å². The molecule has 1 aliphatic heterocycles. The lowest BCUT2D eigenvalue weighted by molar-refractivity contribution is -0.113. The van der Waals surface area contributed by atoms with Crippen molar-refractivity contribution in [3.8, 4) is 0 Å². The van der Waals surface area contributed by atoms with Gasteiger partial charge in [0.2, 0.25) is 0 Å². The number of amidine groups is 1. The summed E-state index contributed by atoms with van der Waals surface area (Å²) >= 11 is 1.42. The van der Waals surface area contributed by atoms with Crippen molar-refractivity contribution in [1.82, 2.24) is 5.16 Å². The van der Waals surface area contributed by atoms with Gasteiger partial charge in [0.1, 0.15) is 17.3 Å². The minimum atomic E-state index is -0.359. The van der Waals surface area contributed by atoms with Crippen molar-refractivity contribution in [1.29, 1.82) is 0 Å². The first-order valence-corrected chi connectivity index (χ1v) is 10.0. The largest absolute Gasteiger partial charge is 0.361 e. The normalized spacial score (nSPS) is 15.3. The lowest BCUT2D eigenvalue weighted by Crippen LogP contribution is -2.30. The number of amides is 1. The van der Waals surface area contributed by atoms with Gasteiger partial charge in [0, 0.05) is 11.3 Å². The molecule has 0 N–H and O–H groups in total. The number of carbonyl (C=O) groups excluding carboxylic acids is 1. The summed E-state index contributed by atoms with van der Waals surface area (Å²) in [6.07, 6.45) is 1.75. The van der Waals surface area contributed by atoms with Crippen LogP contribution < -0.4 is 4.90 Å². The molecule has 5 nitrogen and oxygen atoms in total. The summed E-state index contributed by atoms with van der Waals surface area (Å²) in [7, 11) is 0. The Morgan fingerprint density at radius 2 is 1.83 bits per heavy atom. The third-order valence-corrected chi connectivity index (χ3v) is 5.51. The quantitative estimate of drug-likeness (QED) is 0.564. The Balaban J connectivity index is 1.68. The van der Waals surface area contributed by atoms with E-state index in [2.05, 4.69) is 10.1 Å². The van der Waals surface area contributed by atoms with E-state index in [1.54, 1.807) is 18.2 Å². The average molecular weight is 407 g/mol. The van der Waals surface area contributed by atoms with Crippen molar-refractivity contribution in [2.75, 3.05) is 4.90 Å². The highest BCUT2D eigenvalue weighted by Gasteiger charge is 2.32. The van der Waals surface area contributed by atoms with E-state index < -0.39 is 0 Å². The van der Waals surface area contributed by atoms with E-state index in [1.807, 2.05) is 44.2 Å². The Kier molecular flexibility index (Phi) is 5.31. The first kappa shape index (κ1) is 19.1. The van der Waals surface area contributed by atoms with Crippen LogP contribution in [0.1, 0.15) is 22.6 Å². The summed E-state index contributed by atoms with van der Waals surface area (Å²) in [4.78, 5) is 19.2. The minimum Gasteiger partial charge on any atom is -0.361 e. The molecule has 3 aromatic rings. The summed E-state index contributed by atoms with van der Waals surface area (Å²) < 4.78 is 18.6. The standard InChI is InChI=1S/C22H18FN3O2S/c1-14-19(15(2)28-25-14)13-29-22-24-20(12-16-6-4-3-5-7-16)21(27)26(22)18-10-8-17(23)9-11-18/h3-12H,13H2,1-2H3. The van der Waals surface area contributed by atoms with Crippen LogP contribution in [0.25, 0.3) is 6.08 Å². The van der Waals surface area contributed by atoms with Gasteiger partial charge in [-0.15, -0.1) is 0 Å². The highest BCUT2D eigenvalue weighted by atomic mass is 32.2. The number of nitrogens with zero attached hydrogens (tertiary/aromatic N) is 3. The molecule has 2 aromatic carbocycles. The molecule has 0 spiro atoms. The number of hydrogen-bond donors (Lipinski definition) is 0. The molecule has 2 heterocycles. The number of benzene rings is 2. The van der Waals surface area contributed by atoms with Crippen LogP contribution in [-0.2, 0) is 10.5 Å². The zero-order valence-electron chi connectivity index (χ0n) is 15.9. The van der Waals surface area contributed by atoms with Crippen molar-refractivity contribution >= 4 is 34.6 Å². The van der Waals surface area contributed by atoms with Crippen LogP contribution >= 0.6 is 11.8 Å². The molecule has 0 atom stereocenters. The molecule has 0 saturated carbocycles. The fourth-order valence-corrected chi connectivity index (χ4v) is 4.13. The van der Waals surface area contributed by atoms with Gasteiger partial charge in [0.25, 0.3) is 5.91 Å². The van der Waals surface area contributed by atoms with Crippen molar-refractivity contribution in [2.45, 2.75) is 19.6 Å². The van der Waals surface area contributed by atoms with E-state index in [1.165, 1.54) is 28.8 Å². The number of aromatic nitrogens is 1. The second-order valence-corrected chi connectivity index (χ2v) is 7.49. The molecular weight excluding hydrogens is 389 g/mol. The maximum absolute atomic E-state index is 13.4. The summed E-state index contributed by atoms with van der Waals surface area (Å²) in [5.74, 6) is 0.696. The third-order valence-electron chi connectivity index (χ3n) is 4.54. The summed E-state index contributed by atoms with van der Waals surface area (Å²) in [6.45, 7) is 3.74. The lowest BCUT2D eigenvalue weighted by atomic mass is 10.2. The first-order chi connectivity index (χ1) is 14.0. The predicted molar refractivity (Wildman–Crippen MR) is 113 cm³/mol. The smallest absolute Gasteiger partial charge is 0.283 e. The van der Waals surface area contributed by atoms with Crippen LogP contribution in [0.15, 0.2) is 69.8 Å². The van der Waals surface area contributed by atoms with Gasteiger partial charge in [0.05, 0.1) is 11.4 Å². The summed E-state index contributed by atoms with van der Waals surface area (Å²) in [5.41, 5.74) is 3.58. The Bertz CT molecular complexity index is 1090. The average Bonchev–Trinajstić information content (AvgIpc) is 3.20. The molecule has 0 aliphatic carbocycles. The minimum absolute atomic E-state index is 0.248. The first-order valence-electron chi connectivity index (χ1n) is 9.03. The topological polar surface area (TPSA) is 58.7 Å². The molecule has 0 saturated heterocycles. The van der Waals surface area contributed by atoms with Gasteiger partial charge in [-0.2, -0.15) is 0 Å². The van der Waals surface area contributed by atoms with Gasteiger partial charge in [-0.25, -0.2) is 9.38 Å². The van der Waals surface area contributed by atoms with Gasteiger partial charge < -0.3 is 4.52 Å². The second kappa shape index (κ2) is 8.05. The number of halogens is 1. The third kappa shape index (κ3) is 4.00. The van der Waals surface area contributed by atoms with Crippen molar-refractivity contribution < 1.29 is 13.7 Å². The zero-order chi connectivity index (χ0) is 20.4. The fourth-order valence-electron chi connectivity index (χ4n) is 2.96. The number of aliphatic imine (C=N–C) groups is 1. The van der Waals surface area contributed by atoms with Crippen molar-refractivity contribution in [3.63, 3.8) is 0 Å². The monoisotopic (exact) mass is 407 g/mol. The molecule has 4 rings (SSSR count). The number of aryl methyl sites for hydroxylation is 2. The van der Waals surface area contributed by atoms with E-state index in [9.17, 15) is 9.18 Å². The summed E-state index contributed by atoms with van der Waals surface area (Å²) in [5, 5.41) is 4.50. The van der Waals surface area contributed by atoms with Gasteiger partial charge in [-0.05, 0) is 49.8 Å². The highest BCUT2D eigenvalue weighted by molar-refractivity contribution is 8.13. The van der Waals surface area contributed by atoms with E-state index in [0.29, 0.717) is 22.3 Å². The van der Waals surface area contributed by atoms with Gasteiger partial charge in [-0.3, -0.25) is 9.69 Å². The van der Waals surface area contributed by atoms with E-state index in [4.69, 9.17) is 4.52 Å². The van der Waals surface area contributed by atoms with Gasteiger partial charge in [0.15, 0.2) is 5.17 Å². The van der Waals surface area contributed by atoms with Gasteiger partial charge >= 0.3 is 0 Å². The van der Waals surface area contributed by atoms with Crippen LogP contribution in [-0.4, -0.2) is 16.2 Å². The fraction of sp³-hybridized carbons (Fsp3) is 0.136. The molecular formula is C22H18FN3O2S. The number of rotatable bonds is 4. The van der Waals surface area contributed by atoms with Crippen LogP contribution in [0, 0.1) is 19.7 Å². The Labute approximate surface area is 171 Å². The molecule has 0 radical (unpaired) electrons. The SMILES string of the molecule is Cc1noc(C)c1CSC1=NC(=Cc2ccccc2)C(=O)N1c1ccc(F)cc1. The summed E-state index contributed by atoms with van der Waals surface area (Å²) in [6, 6.07) is 15.4. The van der Waals surface area contributed by atoms with E-state index in [-0.39, 0.29) is 11.7 Å². The van der Waals surface area contributed by atoms with Crippen LogP contribution in [0.4, 0.5) is 10.1 Å². The second-order valence-electron chi connectivity index (χ2n) is 6.54. The predicted octanol–water partition coefficient (Wildman–Crippen LogP) is 5.11. The van der Waals surface area contributed by atoms with E-state index in [0.717, 1.165) is 22.6 Å². The number of anilines is 1. The zero-order valence-corrected chi connectivity index (χ0v) is 16.7. The molecule has 1 aromatic heterocycles. The Hall–Kier alpha value is -3.19. The lowest BCUT2D eigenvalue weighted by Gasteiger charge is -2.17. The molecule has 0 bridgehead atoms. The Morgan fingerprint density at radius 3 is 2.48 bits per heavy atom. The molecule has 29 heavy (non-hydrogen) atoms. The molecule has 0 unspecified atom stereocenters. The van der Waals surface area contributed by atoms with Crippen LogP contribution in [0.5, 0.6) is 0 Å². The molecule has 1 aliphatic rings. The highest BCUT2D eigenvalue weighted by Crippen LogP contribution is 2.32. The molecule has 146 valence electrons. The van der Waals surface area contributed by atoms with Crippen molar-refractivity contribution in [2.24, 2.45) is 4.99 Å². The number of thioether (sulfide) groups is 1. The van der Waals surface area contributed by atoms with Crippen LogP contribution in [0.2, 0.25) is 0 Å². The molecule has 1 amide bonds. The molecule has 0 fully saturated rings. The van der Waals surface area contributed by atoms with Crippen molar-refractivity contribution in [3.05, 3.63) is 88.7 Å².